The van der Waals surface area contributed by atoms with Crippen molar-refractivity contribution in [3.63, 3.8) is 0 Å². The van der Waals surface area contributed by atoms with Crippen molar-refractivity contribution in [3.8, 4) is 11.1 Å². The molecule has 0 saturated heterocycles. The van der Waals surface area contributed by atoms with Gasteiger partial charge in [-0.1, -0.05) is 30.3 Å². The van der Waals surface area contributed by atoms with Gasteiger partial charge in [0.1, 0.15) is 6.54 Å². The van der Waals surface area contributed by atoms with Crippen molar-refractivity contribution in [1.82, 2.24) is 20.6 Å². The molecule has 4 aromatic rings. The first-order valence-electron chi connectivity index (χ1n) is 12.9. The van der Waals surface area contributed by atoms with Crippen LogP contribution in [-0.4, -0.2) is 54.0 Å². The summed E-state index contributed by atoms with van der Waals surface area (Å²) in [6, 6.07) is 16.8. The van der Waals surface area contributed by atoms with E-state index in [1.807, 2.05) is 53.9 Å². The highest BCUT2D eigenvalue weighted by atomic mass is 32.1. The number of carbonyl (C=O) groups is 3. The highest BCUT2D eigenvalue weighted by Crippen LogP contribution is 2.36. The maximum atomic E-state index is 14.1. The van der Waals surface area contributed by atoms with Gasteiger partial charge in [-0.25, -0.2) is 4.98 Å². The largest absolute Gasteiger partial charge is 0.468 e. The highest BCUT2D eigenvalue weighted by molar-refractivity contribution is 7.07. The first kappa shape index (κ1) is 27.2. The van der Waals surface area contributed by atoms with Crippen LogP contribution in [0.3, 0.4) is 0 Å². The van der Waals surface area contributed by atoms with E-state index in [0.29, 0.717) is 37.2 Å². The predicted octanol–water partition coefficient (Wildman–Crippen LogP) is 3.40. The molecule has 0 aliphatic carbocycles. The van der Waals surface area contributed by atoms with Crippen molar-refractivity contribution in [2.45, 2.75) is 25.4 Å². The third kappa shape index (κ3) is 6.24. The number of aromatic nitrogens is 2. The first-order valence-corrected chi connectivity index (χ1v) is 13.9. The van der Waals surface area contributed by atoms with Gasteiger partial charge in [-0.05, 0) is 59.4 Å². The van der Waals surface area contributed by atoms with E-state index in [4.69, 9.17) is 0 Å². The van der Waals surface area contributed by atoms with Gasteiger partial charge < -0.3 is 15.0 Å². The molecule has 1 atom stereocenters. The lowest BCUT2D eigenvalue weighted by atomic mass is 9.97. The van der Waals surface area contributed by atoms with Crippen LogP contribution in [-0.2, 0) is 33.7 Å². The SMILES string of the molecule is COC(=O)CNC(=O)c1cc(-c2ccncc2)cc2c1CCN2C(=O)C(Cc1ccccc1)NCc1cscn1. The summed E-state index contributed by atoms with van der Waals surface area (Å²) in [5.41, 5.74) is 7.22. The number of amides is 2. The number of benzene rings is 2. The maximum Gasteiger partial charge on any atom is 0.325 e. The lowest BCUT2D eigenvalue weighted by molar-refractivity contribution is -0.139. The zero-order valence-electron chi connectivity index (χ0n) is 22.0. The lowest BCUT2D eigenvalue weighted by Gasteiger charge is -2.26. The van der Waals surface area contributed by atoms with Crippen LogP contribution in [0, 0.1) is 0 Å². The molecule has 204 valence electrons. The van der Waals surface area contributed by atoms with Crippen LogP contribution in [0.1, 0.15) is 27.2 Å². The summed E-state index contributed by atoms with van der Waals surface area (Å²) in [6.07, 6.45) is 4.39. The molecule has 9 nitrogen and oxygen atoms in total. The number of methoxy groups -OCH3 is 1. The van der Waals surface area contributed by atoms with Gasteiger partial charge in [0, 0.05) is 42.1 Å². The van der Waals surface area contributed by atoms with E-state index >= 15 is 0 Å². The van der Waals surface area contributed by atoms with E-state index in [2.05, 4.69) is 25.3 Å². The summed E-state index contributed by atoms with van der Waals surface area (Å²) < 4.78 is 4.67. The van der Waals surface area contributed by atoms with Crippen molar-refractivity contribution >= 4 is 34.8 Å². The Balaban J connectivity index is 1.48. The standard InChI is InChI=1S/C30H29N5O4S/c1-39-28(36)17-33-29(37)25-14-22(21-7-10-31-11-8-21)15-27-24(25)9-12-35(27)30(38)26(13-20-5-3-2-4-6-20)32-16-23-18-40-19-34-23/h2-8,10-11,14-15,18-19,26,32H,9,12-13,16-17H2,1H3,(H,33,37). The average molecular weight is 556 g/mol. The number of nitrogens with one attached hydrogen (secondary N) is 2. The van der Waals surface area contributed by atoms with Gasteiger partial charge in [-0.15, -0.1) is 11.3 Å². The molecule has 10 heteroatoms. The molecule has 2 aromatic carbocycles. The summed E-state index contributed by atoms with van der Waals surface area (Å²) in [7, 11) is 1.27. The number of ether oxygens (including phenoxy) is 1. The Morgan fingerprint density at radius 1 is 1.07 bits per heavy atom. The number of carbonyl (C=O) groups excluding carboxylic acids is 3. The molecule has 1 unspecified atom stereocenters. The van der Waals surface area contributed by atoms with Crippen molar-refractivity contribution in [2.75, 3.05) is 25.1 Å². The highest BCUT2D eigenvalue weighted by Gasteiger charge is 2.33. The Hall–Kier alpha value is -4.41. The number of thiazole rings is 1. The number of esters is 1. The molecule has 0 spiro atoms. The number of hydrogen-bond donors (Lipinski definition) is 2. The number of anilines is 1. The van der Waals surface area contributed by atoms with E-state index in [9.17, 15) is 14.4 Å². The number of pyridine rings is 1. The summed E-state index contributed by atoms with van der Waals surface area (Å²) in [6.45, 7) is 0.659. The van der Waals surface area contributed by atoms with Gasteiger partial charge in [0.05, 0.1) is 24.4 Å². The summed E-state index contributed by atoms with van der Waals surface area (Å²) in [5.74, 6) is -1.01. The molecule has 5 rings (SSSR count). The van der Waals surface area contributed by atoms with E-state index in [1.54, 1.807) is 28.9 Å². The summed E-state index contributed by atoms with van der Waals surface area (Å²) in [4.78, 5) is 49.3. The third-order valence-electron chi connectivity index (χ3n) is 6.84. The van der Waals surface area contributed by atoms with Gasteiger partial charge in [0.15, 0.2) is 0 Å². The van der Waals surface area contributed by atoms with Gasteiger partial charge in [-0.2, -0.15) is 0 Å². The van der Waals surface area contributed by atoms with Crippen LogP contribution in [0.5, 0.6) is 0 Å². The molecule has 0 bridgehead atoms. The molecule has 3 heterocycles. The molecule has 2 N–H and O–H groups in total. The van der Waals surface area contributed by atoms with Gasteiger partial charge in [0.2, 0.25) is 5.91 Å². The molecule has 0 radical (unpaired) electrons. The van der Waals surface area contributed by atoms with E-state index in [0.717, 1.165) is 27.9 Å². The topological polar surface area (TPSA) is 114 Å². The average Bonchev–Trinajstić information content (AvgIpc) is 3.68. The van der Waals surface area contributed by atoms with Crippen molar-refractivity contribution in [2.24, 2.45) is 0 Å². The zero-order valence-corrected chi connectivity index (χ0v) is 22.8. The molecule has 2 amide bonds. The number of rotatable bonds is 10. The molecule has 0 saturated carbocycles. The monoisotopic (exact) mass is 555 g/mol. The van der Waals surface area contributed by atoms with Gasteiger partial charge in [-0.3, -0.25) is 24.7 Å². The quantitative estimate of drug-likeness (QED) is 0.288. The zero-order chi connectivity index (χ0) is 27.9. The van der Waals surface area contributed by atoms with Gasteiger partial charge >= 0.3 is 5.97 Å². The number of fused-ring (bicyclic) bond motifs is 1. The number of nitrogens with zero attached hydrogens (tertiary/aromatic N) is 3. The van der Waals surface area contributed by atoms with Crippen molar-refractivity contribution in [3.05, 3.63) is 100 Å². The van der Waals surface area contributed by atoms with Crippen LogP contribution < -0.4 is 15.5 Å². The molecule has 2 aromatic heterocycles. The van der Waals surface area contributed by atoms with Crippen LogP contribution in [0.4, 0.5) is 5.69 Å². The Morgan fingerprint density at radius 2 is 1.88 bits per heavy atom. The Labute approximate surface area is 236 Å². The van der Waals surface area contributed by atoms with E-state index in [-0.39, 0.29) is 12.5 Å². The molecule has 1 aliphatic heterocycles. The van der Waals surface area contributed by atoms with Crippen LogP contribution >= 0.6 is 11.3 Å². The second-order valence-corrected chi connectivity index (χ2v) is 10.1. The molecular weight excluding hydrogens is 526 g/mol. The van der Waals surface area contributed by atoms with Gasteiger partial charge in [0.25, 0.3) is 5.91 Å². The second-order valence-electron chi connectivity index (χ2n) is 9.36. The van der Waals surface area contributed by atoms with E-state index < -0.39 is 17.9 Å². The van der Waals surface area contributed by atoms with Crippen LogP contribution in [0.15, 0.2) is 77.9 Å². The minimum Gasteiger partial charge on any atom is -0.468 e. The second kappa shape index (κ2) is 12.6. The minimum atomic E-state index is -0.540. The fraction of sp³-hybridized carbons (Fsp3) is 0.233. The fourth-order valence-electron chi connectivity index (χ4n) is 4.80. The lowest BCUT2D eigenvalue weighted by Crippen LogP contribution is -2.47. The van der Waals surface area contributed by atoms with Crippen molar-refractivity contribution < 1.29 is 19.1 Å². The summed E-state index contributed by atoms with van der Waals surface area (Å²) in [5, 5.41) is 8.02. The Bertz CT molecular complexity index is 1480. The maximum absolute atomic E-state index is 14.1. The summed E-state index contributed by atoms with van der Waals surface area (Å²) >= 11 is 1.51. The molecule has 1 aliphatic rings. The van der Waals surface area contributed by atoms with E-state index in [1.165, 1.54) is 18.4 Å². The fourth-order valence-corrected chi connectivity index (χ4v) is 5.36. The van der Waals surface area contributed by atoms with Crippen molar-refractivity contribution in [1.29, 1.82) is 0 Å². The third-order valence-corrected chi connectivity index (χ3v) is 7.48. The first-order chi connectivity index (χ1) is 19.5. The number of hydrogen-bond acceptors (Lipinski definition) is 8. The Kier molecular flexibility index (Phi) is 8.58. The normalized spacial score (nSPS) is 13.0. The predicted molar refractivity (Wildman–Crippen MR) is 153 cm³/mol. The smallest absolute Gasteiger partial charge is 0.325 e. The Morgan fingerprint density at radius 3 is 2.60 bits per heavy atom. The molecule has 0 fully saturated rings. The molecular formula is C30H29N5O4S. The van der Waals surface area contributed by atoms with Crippen LogP contribution in [0.25, 0.3) is 11.1 Å². The van der Waals surface area contributed by atoms with Crippen LogP contribution in [0.2, 0.25) is 0 Å². The molecule has 40 heavy (non-hydrogen) atoms. The minimum absolute atomic E-state index is 0.0781.